The van der Waals surface area contributed by atoms with Gasteiger partial charge in [-0.3, -0.25) is 0 Å². The maximum absolute atomic E-state index is 13.5. The number of aliphatic hydroxyl groups is 1. The molecular weight excluding hydrogens is 506 g/mol. The van der Waals surface area contributed by atoms with Gasteiger partial charge < -0.3 is 29.0 Å². The van der Waals surface area contributed by atoms with Gasteiger partial charge in [0.05, 0.1) is 49.3 Å². The molecule has 4 aromatic rings. The molecule has 0 radical (unpaired) electrons. The van der Waals surface area contributed by atoms with Gasteiger partial charge in [0.25, 0.3) is 5.79 Å². The maximum atomic E-state index is 13.5. The molecule has 0 aliphatic carbocycles. The molecule has 194 valence electrons. The van der Waals surface area contributed by atoms with Crippen molar-refractivity contribution in [3.63, 3.8) is 0 Å². The number of hydrogen-bond donors (Lipinski definition) is 1. The summed E-state index contributed by atoms with van der Waals surface area (Å²) in [5, 5.41) is 12.2. The number of cyclic esters (lactones) is 1. The van der Waals surface area contributed by atoms with Crippen LogP contribution in [0.1, 0.15) is 16.7 Å². The van der Waals surface area contributed by atoms with E-state index in [4.69, 9.17) is 18.9 Å². The summed E-state index contributed by atoms with van der Waals surface area (Å²) in [6, 6.07) is 16.3. The molecule has 0 amide bonds. The van der Waals surface area contributed by atoms with Crippen LogP contribution in [0.5, 0.6) is 17.2 Å². The third-order valence-electron chi connectivity index (χ3n) is 6.97. The average molecular weight is 532 g/mol. The molecule has 0 saturated carbocycles. The minimum atomic E-state index is -2.10. The van der Waals surface area contributed by atoms with Crippen molar-refractivity contribution in [1.82, 2.24) is 8.75 Å². The van der Waals surface area contributed by atoms with E-state index in [0.717, 1.165) is 40.8 Å². The Morgan fingerprint density at radius 3 is 2.71 bits per heavy atom. The highest BCUT2D eigenvalue weighted by atomic mass is 32.1. The molecule has 1 aromatic heterocycles. The fourth-order valence-corrected chi connectivity index (χ4v) is 5.50. The number of ether oxygens (including phenoxy) is 4. The number of aromatic nitrogens is 2. The van der Waals surface area contributed by atoms with Gasteiger partial charge in [-0.2, -0.15) is 8.75 Å². The molecule has 0 spiro atoms. The molecular formula is C28H25N3O6S. The highest BCUT2D eigenvalue weighted by molar-refractivity contribution is 7.00. The summed E-state index contributed by atoms with van der Waals surface area (Å²) in [6.45, 7) is 1.38. The zero-order chi connectivity index (χ0) is 26.4. The van der Waals surface area contributed by atoms with Crippen LogP contribution < -0.4 is 19.1 Å². The number of methoxy groups -OCH3 is 2. The van der Waals surface area contributed by atoms with Crippen LogP contribution in [0.25, 0.3) is 16.6 Å². The van der Waals surface area contributed by atoms with Gasteiger partial charge in [0.15, 0.2) is 0 Å². The largest absolute Gasteiger partial charge is 0.497 e. The van der Waals surface area contributed by atoms with E-state index >= 15 is 0 Å². The van der Waals surface area contributed by atoms with Crippen LogP contribution in [-0.4, -0.2) is 54.2 Å². The van der Waals surface area contributed by atoms with Crippen molar-refractivity contribution in [2.45, 2.75) is 12.2 Å². The van der Waals surface area contributed by atoms with Crippen molar-refractivity contribution >= 4 is 40.0 Å². The zero-order valence-corrected chi connectivity index (χ0v) is 21.9. The minimum Gasteiger partial charge on any atom is -0.497 e. The Labute approximate surface area is 223 Å². The highest BCUT2D eigenvalue weighted by Gasteiger charge is 2.50. The van der Waals surface area contributed by atoms with Gasteiger partial charge in [0, 0.05) is 19.0 Å². The lowest BCUT2D eigenvalue weighted by Crippen LogP contribution is -2.31. The Kier molecular flexibility index (Phi) is 5.93. The van der Waals surface area contributed by atoms with Gasteiger partial charge in [-0.05, 0) is 53.6 Å². The average Bonchev–Trinajstić information content (AvgIpc) is 3.50. The van der Waals surface area contributed by atoms with Gasteiger partial charge in [-0.1, -0.05) is 12.1 Å². The second-order valence-electron chi connectivity index (χ2n) is 9.17. The molecule has 3 aromatic carbocycles. The summed E-state index contributed by atoms with van der Waals surface area (Å²) < 4.78 is 31.2. The van der Waals surface area contributed by atoms with Crippen LogP contribution >= 0.6 is 11.7 Å². The van der Waals surface area contributed by atoms with E-state index in [1.807, 2.05) is 25.2 Å². The quantitative estimate of drug-likeness (QED) is 0.371. The Bertz CT molecular complexity index is 1600. The van der Waals surface area contributed by atoms with Crippen molar-refractivity contribution in [2.75, 3.05) is 39.3 Å². The topological polar surface area (TPSA) is 103 Å². The summed E-state index contributed by atoms with van der Waals surface area (Å²) in [4.78, 5) is 15.6. The molecule has 2 aliphatic rings. The van der Waals surface area contributed by atoms with Crippen LogP contribution in [0.15, 0.2) is 60.2 Å². The molecule has 1 N–H and O–H groups in total. The van der Waals surface area contributed by atoms with Crippen LogP contribution in [0, 0.1) is 0 Å². The van der Waals surface area contributed by atoms with E-state index in [1.165, 1.54) is 14.2 Å². The molecule has 0 fully saturated rings. The Balaban J connectivity index is 1.55. The van der Waals surface area contributed by atoms with Crippen LogP contribution in [-0.2, 0) is 21.7 Å². The Hall–Kier alpha value is -4.15. The molecule has 1 unspecified atom stereocenters. The number of fused-ring (bicyclic) bond motifs is 2. The summed E-state index contributed by atoms with van der Waals surface area (Å²) in [5.74, 6) is -1.10. The normalized spacial score (nSPS) is 18.8. The second kappa shape index (κ2) is 9.30. The first kappa shape index (κ1) is 24.2. The first-order chi connectivity index (χ1) is 18.4. The maximum Gasteiger partial charge on any atom is 0.342 e. The number of carbonyl (C=O) groups is 1. The SMILES string of the molecule is COc1ccc(OC)c(C2(O)OC(=O)C(c3ccc4nsnc4c3)=C2Cc2ccc3c(c2)N(C)CCO3)c1. The standard InChI is InChI=1S/C28H25N3O6S/c1-31-10-11-36-25-8-4-16(13-23(25)31)12-20-26(17-5-7-21-22(14-17)30-38-29-21)27(32)37-28(20,33)19-15-18(34-2)6-9-24(19)35-3/h4-9,13-15,33H,10-12H2,1-3H3. The minimum absolute atomic E-state index is 0.229. The number of likely N-dealkylation sites (N-methyl/N-ethyl adjacent to an activating group) is 1. The van der Waals surface area contributed by atoms with E-state index < -0.39 is 11.8 Å². The fraction of sp³-hybridized carbons (Fsp3) is 0.250. The summed E-state index contributed by atoms with van der Waals surface area (Å²) in [6.07, 6.45) is 0.229. The lowest BCUT2D eigenvalue weighted by atomic mass is 9.87. The molecule has 2 aliphatic heterocycles. The molecule has 38 heavy (non-hydrogen) atoms. The number of rotatable bonds is 6. The van der Waals surface area contributed by atoms with Crippen molar-refractivity contribution in [3.8, 4) is 17.2 Å². The van der Waals surface area contributed by atoms with E-state index in [-0.39, 0.29) is 17.6 Å². The molecule has 10 heteroatoms. The van der Waals surface area contributed by atoms with Crippen molar-refractivity contribution < 1.29 is 28.8 Å². The summed E-state index contributed by atoms with van der Waals surface area (Å²) >= 11 is 1.10. The summed E-state index contributed by atoms with van der Waals surface area (Å²) in [7, 11) is 5.03. The predicted octanol–water partition coefficient (Wildman–Crippen LogP) is 3.94. The van der Waals surface area contributed by atoms with E-state index in [9.17, 15) is 9.90 Å². The molecule has 3 heterocycles. The molecule has 0 saturated heterocycles. The van der Waals surface area contributed by atoms with Crippen LogP contribution in [0.2, 0.25) is 0 Å². The van der Waals surface area contributed by atoms with Crippen LogP contribution in [0.4, 0.5) is 5.69 Å². The van der Waals surface area contributed by atoms with E-state index in [0.29, 0.717) is 34.8 Å². The first-order valence-electron chi connectivity index (χ1n) is 12.0. The fourth-order valence-electron chi connectivity index (χ4n) is 4.98. The molecule has 1 atom stereocenters. The van der Waals surface area contributed by atoms with Crippen LogP contribution in [0.3, 0.4) is 0 Å². The summed E-state index contributed by atoms with van der Waals surface area (Å²) in [5.41, 5.74) is 4.73. The zero-order valence-electron chi connectivity index (χ0n) is 21.1. The van der Waals surface area contributed by atoms with E-state index in [1.54, 1.807) is 36.4 Å². The van der Waals surface area contributed by atoms with Gasteiger partial charge >= 0.3 is 5.97 Å². The predicted molar refractivity (Wildman–Crippen MR) is 143 cm³/mol. The first-order valence-corrected chi connectivity index (χ1v) is 12.8. The third-order valence-corrected chi connectivity index (χ3v) is 7.53. The second-order valence-corrected chi connectivity index (χ2v) is 9.70. The third kappa shape index (κ3) is 3.93. The smallest absolute Gasteiger partial charge is 0.342 e. The number of hydrogen-bond acceptors (Lipinski definition) is 10. The Morgan fingerprint density at radius 1 is 1.05 bits per heavy atom. The van der Waals surface area contributed by atoms with Gasteiger partial charge in [-0.15, -0.1) is 0 Å². The molecule has 0 bridgehead atoms. The lowest BCUT2D eigenvalue weighted by molar-refractivity contribution is -0.185. The molecule has 6 rings (SSSR count). The number of esters is 1. The van der Waals surface area contributed by atoms with Crippen molar-refractivity contribution in [2.24, 2.45) is 0 Å². The molecule has 9 nitrogen and oxygen atoms in total. The number of anilines is 1. The van der Waals surface area contributed by atoms with Gasteiger partial charge in [0.2, 0.25) is 0 Å². The Morgan fingerprint density at radius 2 is 1.89 bits per heavy atom. The van der Waals surface area contributed by atoms with Gasteiger partial charge in [0.1, 0.15) is 34.9 Å². The van der Waals surface area contributed by atoms with Gasteiger partial charge in [-0.25, -0.2) is 4.79 Å². The number of carbonyl (C=O) groups excluding carboxylic acids is 1. The highest BCUT2D eigenvalue weighted by Crippen LogP contribution is 2.48. The number of nitrogens with zero attached hydrogens (tertiary/aromatic N) is 3. The van der Waals surface area contributed by atoms with Crippen molar-refractivity contribution in [1.29, 1.82) is 0 Å². The monoisotopic (exact) mass is 531 g/mol. The van der Waals surface area contributed by atoms with E-state index in [2.05, 4.69) is 13.6 Å². The van der Waals surface area contributed by atoms with Crippen molar-refractivity contribution in [3.05, 3.63) is 76.9 Å². The lowest BCUT2D eigenvalue weighted by Gasteiger charge is -2.29. The number of benzene rings is 3.